The molecule has 110 valence electrons. The lowest BCUT2D eigenvalue weighted by Crippen LogP contribution is -2.15. The molecule has 0 unspecified atom stereocenters. The third-order valence-electron chi connectivity index (χ3n) is 3.22. The van der Waals surface area contributed by atoms with Crippen LogP contribution in [0.4, 0.5) is 17.6 Å². The first-order valence-corrected chi connectivity index (χ1v) is 6.87. The van der Waals surface area contributed by atoms with Gasteiger partial charge >= 0.3 is 0 Å². The van der Waals surface area contributed by atoms with E-state index in [-0.39, 0.29) is 5.95 Å². The summed E-state index contributed by atoms with van der Waals surface area (Å²) in [7, 11) is 1.89. The molecule has 2 aromatic heterocycles. The predicted octanol–water partition coefficient (Wildman–Crippen LogP) is 2.59. The summed E-state index contributed by atoms with van der Waals surface area (Å²) < 4.78 is 0. The molecule has 0 aliphatic rings. The molecular weight excluding hydrogens is 276 g/mol. The van der Waals surface area contributed by atoms with Crippen LogP contribution in [0, 0.1) is 6.92 Å². The van der Waals surface area contributed by atoms with Gasteiger partial charge < -0.3 is 10.6 Å². The highest BCUT2D eigenvalue weighted by Crippen LogP contribution is 2.23. The van der Waals surface area contributed by atoms with Gasteiger partial charge in [0.05, 0.1) is 0 Å². The van der Waals surface area contributed by atoms with E-state index in [1.807, 2.05) is 61.3 Å². The normalized spacial score (nSPS) is 10.5. The van der Waals surface area contributed by atoms with Crippen LogP contribution < -0.4 is 10.6 Å². The number of nitrogens with two attached hydrogens (primary N) is 1. The average Bonchev–Trinajstić information content (AvgIpc) is 2.54. The molecule has 0 atom stereocenters. The standard InChI is InChI=1S/C16H16N6/c1-11-10-14(21-16(17)19-11)22(2)13-8-9-18-15(20-13)12-6-4-3-5-7-12/h3-10H,1-2H3,(H2,17,19,21). The van der Waals surface area contributed by atoms with Crippen molar-refractivity contribution in [2.75, 3.05) is 17.7 Å². The minimum absolute atomic E-state index is 0.249. The van der Waals surface area contributed by atoms with Crippen LogP contribution in [0.5, 0.6) is 0 Å². The second-order valence-electron chi connectivity index (χ2n) is 4.89. The van der Waals surface area contributed by atoms with Crippen LogP contribution in [-0.2, 0) is 0 Å². The molecule has 0 radical (unpaired) electrons. The fraction of sp³-hybridized carbons (Fsp3) is 0.125. The van der Waals surface area contributed by atoms with E-state index in [9.17, 15) is 0 Å². The van der Waals surface area contributed by atoms with Crippen molar-refractivity contribution in [3.8, 4) is 11.4 Å². The van der Waals surface area contributed by atoms with Gasteiger partial charge in [-0.05, 0) is 13.0 Å². The average molecular weight is 292 g/mol. The van der Waals surface area contributed by atoms with Gasteiger partial charge in [0.15, 0.2) is 5.82 Å². The van der Waals surface area contributed by atoms with Gasteiger partial charge in [0, 0.05) is 30.6 Å². The Morgan fingerprint density at radius 1 is 0.955 bits per heavy atom. The molecule has 0 spiro atoms. The lowest BCUT2D eigenvalue weighted by atomic mass is 10.2. The Bertz CT molecular complexity index is 767. The summed E-state index contributed by atoms with van der Waals surface area (Å²) in [5.41, 5.74) is 7.50. The van der Waals surface area contributed by atoms with Crippen molar-refractivity contribution in [3.63, 3.8) is 0 Å². The molecule has 6 heteroatoms. The Labute approximate surface area is 128 Å². The van der Waals surface area contributed by atoms with Crippen LogP contribution in [0.1, 0.15) is 5.69 Å². The summed E-state index contributed by atoms with van der Waals surface area (Å²) in [6.07, 6.45) is 1.73. The Morgan fingerprint density at radius 2 is 1.73 bits per heavy atom. The maximum atomic E-state index is 5.71. The van der Waals surface area contributed by atoms with E-state index in [1.54, 1.807) is 6.20 Å². The van der Waals surface area contributed by atoms with Gasteiger partial charge in [-0.25, -0.2) is 15.0 Å². The molecule has 3 rings (SSSR count). The summed E-state index contributed by atoms with van der Waals surface area (Å²) >= 11 is 0. The molecule has 22 heavy (non-hydrogen) atoms. The molecule has 1 aromatic carbocycles. The highest BCUT2D eigenvalue weighted by molar-refractivity contribution is 5.61. The van der Waals surface area contributed by atoms with E-state index in [2.05, 4.69) is 19.9 Å². The predicted molar refractivity (Wildman–Crippen MR) is 86.7 cm³/mol. The number of hydrogen-bond acceptors (Lipinski definition) is 6. The van der Waals surface area contributed by atoms with Gasteiger partial charge in [-0.15, -0.1) is 0 Å². The smallest absolute Gasteiger partial charge is 0.222 e. The maximum absolute atomic E-state index is 5.71. The highest BCUT2D eigenvalue weighted by atomic mass is 15.2. The second-order valence-corrected chi connectivity index (χ2v) is 4.89. The molecule has 0 saturated heterocycles. The SMILES string of the molecule is Cc1cc(N(C)c2ccnc(-c3ccccc3)n2)nc(N)n1. The fourth-order valence-corrected chi connectivity index (χ4v) is 2.13. The molecule has 0 aliphatic heterocycles. The van der Waals surface area contributed by atoms with Gasteiger partial charge in [0.2, 0.25) is 5.95 Å². The molecule has 2 heterocycles. The summed E-state index contributed by atoms with van der Waals surface area (Å²) in [6.45, 7) is 1.88. The number of aromatic nitrogens is 4. The second kappa shape index (κ2) is 5.77. The lowest BCUT2D eigenvalue weighted by Gasteiger charge is -2.18. The topological polar surface area (TPSA) is 80.8 Å². The Morgan fingerprint density at radius 3 is 2.45 bits per heavy atom. The highest BCUT2D eigenvalue weighted by Gasteiger charge is 2.10. The summed E-state index contributed by atoms with van der Waals surface area (Å²) in [5.74, 6) is 2.36. The number of nitrogens with zero attached hydrogens (tertiary/aromatic N) is 5. The monoisotopic (exact) mass is 292 g/mol. The van der Waals surface area contributed by atoms with Crippen molar-refractivity contribution < 1.29 is 0 Å². The van der Waals surface area contributed by atoms with E-state index in [0.717, 1.165) is 17.1 Å². The first kappa shape index (κ1) is 13.9. The zero-order valence-electron chi connectivity index (χ0n) is 12.4. The molecule has 6 nitrogen and oxygen atoms in total. The number of aryl methyl sites for hydroxylation is 1. The fourth-order valence-electron chi connectivity index (χ4n) is 2.13. The van der Waals surface area contributed by atoms with Crippen molar-refractivity contribution in [3.05, 3.63) is 54.4 Å². The molecule has 0 fully saturated rings. The van der Waals surface area contributed by atoms with E-state index >= 15 is 0 Å². The minimum atomic E-state index is 0.249. The van der Waals surface area contributed by atoms with Gasteiger partial charge in [0.25, 0.3) is 0 Å². The van der Waals surface area contributed by atoms with Crippen LogP contribution >= 0.6 is 0 Å². The minimum Gasteiger partial charge on any atom is -0.368 e. The quantitative estimate of drug-likeness (QED) is 0.799. The van der Waals surface area contributed by atoms with Crippen molar-refractivity contribution >= 4 is 17.6 Å². The van der Waals surface area contributed by atoms with Crippen LogP contribution in [-0.4, -0.2) is 27.0 Å². The van der Waals surface area contributed by atoms with Gasteiger partial charge in [-0.3, -0.25) is 0 Å². The summed E-state index contributed by atoms with van der Waals surface area (Å²) in [6, 6.07) is 13.5. The maximum Gasteiger partial charge on any atom is 0.222 e. The van der Waals surface area contributed by atoms with Crippen LogP contribution in [0.15, 0.2) is 48.7 Å². The first-order valence-electron chi connectivity index (χ1n) is 6.87. The van der Waals surface area contributed by atoms with Crippen LogP contribution in [0.25, 0.3) is 11.4 Å². The molecular formula is C16H16N6. The van der Waals surface area contributed by atoms with Gasteiger partial charge in [-0.2, -0.15) is 4.98 Å². The molecule has 0 bridgehead atoms. The molecule has 2 N–H and O–H groups in total. The number of hydrogen-bond donors (Lipinski definition) is 1. The number of anilines is 3. The van der Waals surface area contributed by atoms with Gasteiger partial charge in [0.1, 0.15) is 11.6 Å². The van der Waals surface area contributed by atoms with Crippen molar-refractivity contribution in [2.45, 2.75) is 6.92 Å². The zero-order chi connectivity index (χ0) is 15.5. The largest absolute Gasteiger partial charge is 0.368 e. The number of benzene rings is 1. The van der Waals surface area contributed by atoms with Crippen molar-refractivity contribution in [1.29, 1.82) is 0 Å². The van der Waals surface area contributed by atoms with Crippen LogP contribution in [0.3, 0.4) is 0 Å². The van der Waals surface area contributed by atoms with Crippen LogP contribution in [0.2, 0.25) is 0 Å². The van der Waals surface area contributed by atoms with E-state index < -0.39 is 0 Å². The Hall–Kier alpha value is -3.02. The van der Waals surface area contributed by atoms with E-state index in [4.69, 9.17) is 5.73 Å². The number of rotatable bonds is 3. The third kappa shape index (κ3) is 2.85. The first-order chi connectivity index (χ1) is 10.6. The third-order valence-corrected chi connectivity index (χ3v) is 3.22. The molecule has 3 aromatic rings. The van der Waals surface area contributed by atoms with Gasteiger partial charge in [-0.1, -0.05) is 30.3 Å². The molecule has 0 amide bonds. The zero-order valence-corrected chi connectivity index (χ0v) is 12.4. The summed E-state index contributed by atoms with van der Waals surface area (Å²) in [4.78, 5) is 19.1. The summed E-state index contributed by atoms with van der Waals surface area (Å²) in [5, 5.41) is 0. The lowest BCUT2D eigenvalue weighted by molar-refractivity contribution is 1.02. The van der Waals surface area contributed by atoms with Crippen molar-refractivity contribution in [2.24, 2.45) is 0 Å². The van der Waals surface area contributed by atoms with E-state index in [0.29, 0.717) is 11.6 Å². The van der Waals surface area contributed by atoms with E-state index in [1.165, 1.54) is 0 Å². The number of nitrogen functional groups attached to an aromatic ring is 1. The Kier molecular flexibility index (Phi) is 3.65. The van der Waals surface area contributed by atoms with Crippen molar-refractivity contribution in [1.82, 2.24) is 19.9 Å². The molecule has 0 aliphatic carbocycles. The Balaban J connectivity index is 1.98. The molecule has 0 saturated carbocycles.